The molecule has 4 aromatic heterocycles. The number of carbonyl (C=O) groups is 2. The summed E-state index contributed by atoms with van der Waals surface area (Å²) in [6, 6.07) is 7.67. The molecule has 0 saturated carbocycles. The van der Waals surface area contributed by atoms with Gasteiger partial charge in [-0.15, -0.1) is 0 Å². The van der Waals surface area contributed by atoms with Crippen LogP contribution >= 0.6 is 0 Å². The van der Waals surface area contributed by atoms with Crippen molar-refractivity contribution in [3.63, 3.8) is 0 Å². The predicted octanol–water partition coefficient (Wildman–Crippen LogP) is 4.37. The third-order valence-corrected chi connectivity index (χ3v) is 11.3. The van der Waals surface area contributed by atoms with E-state index in [2.05, 4.69) is 50.7 Å². The van der Waals surface area contributed by atoms with E-state index in [0.29, 0.717) is 63.8 Å². The van der Waals surface area contributed by atoms with Gasteiger partial charge in [-0.1, -0.05) is 13.8 Å². The molecule has 4 aromatic rings. The lowest BCUT2D eigenvalue weighted by Gasteiger charge is -2.40. The quantitative estimate of drug-likeness (QED) is 0.256. The molecule has 10 rings (SSSR count). The number of pyridine rings is 2. The molecular weight excluding hydrogens is 767 g/mol. The van der Waals surface area contributed by atoms with Crippen molar-refractivity contribution in [1.29, 1.82) is 5.26 Å². The Morgan fingerprint density at radius 3 is 1.63 bits per heavy atom. The number of amides is 2. The number of rotatable bonds is 7. The Labute approximate surface area is 349 Å². The lowest BCUT2D eigenvalue weighted by molar-refractivity contribution is 0.0484. The fourth-order valence-electron chi connectivity index (χ4n) is 7.78. The third kappa shape index (κ3) is 8.34. The standard InChI is InChI=1S/C20H21N7O2.C20H24N6O3.C2H6/c1-13-23-18-12-27(11-17(18)19(24-13)25-3-2-4-25)20(28)29-16-9-26(10-16)15-5-14(6-21)7-22-8-15;1-13-22-17-12-26(11-16(17)19(23-13)24-6-3-7-24)20(27)29-15-9-25(10-15)14-4-5-18(28-2)21-8-14;1-2/h5,7-8,16H,2-4,9-12H2,1H3;4-5,8,15H,3,6-7,9-12H2,1-2H3;1-2H3. The van der Waals surface area contributed by atoms with Gasteiger partial charge in [0.1, 0.15) is 41.6 Å². The van der Waals surface area contributed by atoms with Crippen molar-refractivity contribution in [3.8, 4) is 11.9 Å². The van der Waals surface area contributed by atoms with E-state index in [4.69, 9.17) is 19.5 Å². The van der Waals surface area contributed by atoms with Gasteiger partial charge in [-0.3, -0.25) is 14.8 Å². The van der Waals surface area contributed by atoms with Gasteiger partial charge in [-0.2, -0.15) is 5.26 Å². The molecule has 2 amide bonds. The first-order valence-corrected chi connectivity index (χ1v) is 20.7. The van der Waals surface area contributed by atoms with Crippen molar-refractivity contribution < 1.29 is 23.8 Å². The summed E-state index contributed by atoms with van der Waals surface area (Å²) in [5.41, 5.74) is 6.36. The van der Waals surface area contributed by atoms with E-state index in [1.807, 2.05) is 44.7 Å². The molecule has 4 fully saturated rings. The molecule has 0 N–H and O–H groups in total. The Balaban J connectivity index is 0.000000160. The number of aromatic nitrogens is 6. The van der Waals surface area contributed by atoms with Crippen LogP contribution in [0.2, 0.25) is 0 Å². The van der Waals surface area contributed by atoms with Crippen LogP contribution in [0.1, 0.15) is 66.4 Å². The summed E-state index contributed by atoms with van der Waals surface area (Å²) >= 11 is 0. The molecule has 0 radical (unpaired) electrons. The second-order valence-corrected chi connectivity index (χ2v) is 15.4. The van der Waals surface area contributed by atoms with Crippen LogP contribution in [-0.2, 0) is 35.7 Å². The Bertz CT molecular complexity index is 2250. The largest absolute Gasteiger partial charge is 0.481 e. The summed E-state index contributed by atoms with van der Waals surface area (Å²) in [5, 5.41) is 9.00. The molecule has 18 nitrogen and oxygen atoms in total. The lowest BCUT2D eigenvalue weighted by Crippen LogP contribution is -2.54. The minimum Gasteiger partial charge on any atom is -0.481 e. The van der Waals surface area contributed by atoms with Gasteiger partial charge in [0.05, 0.1) is 100 Å². The summed E-state index contributed by atoms with van der Waals surface area (Å²) in [5.74, 6) is 4.03. The number of fused-ring (bicyclic) bond motifs is 2. The molecular formula is C42H51N13O5. The van der Waals surface area contributed by atoms with Gasteiger partial charge >= 0.3 is 12.2 Å². The maximum atomic E-state index is 12.7. The number of carbonyl (C=O) groups excluding carboxylic acids is 2. The molecule has 18 heteroatoms. The predicted molar refractivity (Wildman–Crippen MR) is 222 cm³/mol. The number of hydrogen-bond donors (Lipinski definition) is 0. The van der Waals surface area contributed by atoms with E-state index in [9.17, 15) is 9.59 Å². The highest BCUT2D eigenvalue weighted by Crippen LogP contribution is 2.34. The first-order chi connectivity index (χ1) is 29.2. The summed E-state index contributed by atoms with van der Waals surface area (Å²) in [7, 11) is 1.59. The van der Waals surface area contributed by atoms with E-state index in [0.717, 1.165) is 83.4 Å². The zero-order valence-electron chi connectivity index (χ0n) is 34.9. The van der Waals surface area contributed by atoms with Gasteiger partial charge in [-0.25, -0.2) is 34.5 Å². The highest BCUT2D eigenvalue weighted by Gasteiger charge is 2.38. The summed E-state index contributed by atoms with van der Waals surface area (Å²) < 4.78 is 16.5. The summed E-state index contributed by atoms with van der Waals surface area (Å²) in [6.07, 6.45) is 6.50. The maximum absolute atomic E-state index is 12.7. The Kier molecular flexibility index (Phi) is 11.7. The smallest absolute Gasteiger partial charge is 0.410 e. The molecule has 0 aliphatic carbocycles. The number of anilines is 4. The van der Waals surface area contributed by atoms with E-state index in [1.54, 1.807) is 35.4 Å². The monoisotopic (exact) mass is 817 g/mol. The third-order valence-electron chi connectivity index (χ3n) is 11.3. The SMILES string of the molecule is CC.COc1ccc(N2CC(OC(=O)N3Cc4nc(C)nc(N5CCC5)c4C3)C2)cn1.Cc1nc2c(c(N3CCC3)n1)CN(C(=O)OC1CN(c3cncc(C#N)c3)C1)C2. The molecule has 0 bridgehead atoms. The van der Waals surface area contributed by atoms with Gasteiger partial charge in [0.25, 0.3) is 0 Å². The zero-order valence-corrected chi connectivity index (χ0v) is 34.9. The first-order valence-electron chi connectivity index (χ1n) is 20.7. The van der Waals surface area contributed by atoms with E-state index in [-0.39, 0.29) is 24.4 Å². The highest BCUT2D eigenvalue weighted by molar-refractivity contribution is 5.71. The molecule has 0 spiro atoms. The van der Waals surface area contributed by atoms with Crippen molar-refractivity contribution in [3.05, 3.63) is 76.5 Å². The van der Waals surface area contributed by atoms with Gasteiger partial charge < -0.3 is 33.8 Å². The second-order valence-electron chi connectivity index (χ2n) is 15.4. The second kappa shape index (κ2) is 17.4. The van der Waals surface area contributed by atoms with Crippen molar-refractivity contribution in [1.82, 2.24) is 39.7 Å². The van der Waals surface area contributed by atoms with Crippen LogP contribution in [0.4, 0.5) is 32.6 Å². The van der Waals surface area contributed by atoms with Crippen LogP contribution in [0.15, 0.2) is 36.8 Å². The zero-order chi connectivity index (χ0) is 41.9. The van der Waals surface area contributed by atoms with E-state index >= 15 is 0 Å². The molecule has 4 saturated heterocycles. The number of nitriles is 1. The van der Waals surface area contributed by atoms with Gasteiger partial charge in [0, 0.05) is 49.6 Å². The van der Waals surface area contributed by atoms with Gasteiger partial charge in [0.2, 0.25) is 5.88 Å². The van der Waals surface area contributed by atoms with Crippen molar-refractivity contribution in [2.45, 2.75) is 78.9 Å². The Morgan fingerprint density at radius 1 is 0.683 bits per heavy atom. The minimum absolute atomic E-state index is 0.115. The topological polar surface area (TPSA) is 182 Å². The summed E-state index contributed by atoms with van der Waals surface area (Å²) in [4.78, 5) is 64.1. The molecule has 6 aliphatic heterocycles. The summed E-state index contributed by atoms with van der Waals surface area (Å²) in [6.45, 7) is 16.3. The average molecular weight is 818 g/mol. The molecule has 0 unspecified atom stereocenters. The fourth-order valence-corrected chi connectivity index (χ4v) is 7.78. The molecule has 0 aromatic carbocycles. The number of aryl methyl sites for hydroxylation is 2. The van der Waals surface area contributed by atoms with Crippen molar-refractivity contribution >= 4 is 35.2 Å². The van der Waals surface area contributed by atoms with Crippen LogP contribution in [0.25, 0.3) is 0 Å². The molecule has 60 heavy (non-hydrogen) atoms. The minimum atomic E-state index is -0.316. The number of methoxy groups -OCH3 is 1. The van der Waals surface area contributed by atoms with Crippen molar-refractivity contribution in [2.24, 2.45) is 0 Å². The van der Waals surface area contributed by atoms with Gasteiger partial charge in [0.15, 0.2) is 0 Å². The number of ether oxygens (including phenoxy) is 3. The molecule has 10 heterocycles. The molecule has 6 aliphatic rings. The van der Waals surface area contributed by atoms with Crippen LogP contribution < -0.4 is 24.3 Å². The Morgan fingerprint density at radius 2 is 1.20 bits per heavy atom. The van der Waals surface area contributed by atoms with Gasteiger partial charge in [-0.05, 0) is 38.8 Å². The molecule has 0 atom stereocenters. The van der Waals surface area contributed by atoms with Crippen LogP contribution in [0.5, 0.6) is 5.88 Å². The van der Waals surface area contributed by atoms with E-state index < -0.39 is 0 Å². The first kappa shape index (κ1) is 40.3. The van der Waals surface area contributed by atoms with Crippen LogP contribution in [0, 0.1) is 25.2 Å². The van der Waals surface area contributed by atoms with Crippen LogP contribution in [0.3, 0.4) is 0 Å². The van der Waals surface area contributed by atoms with E-state index in [1.165, 1.54) is 19.0 Å². The lowest BCUT2D eigenvalue weighted by atomic mass is 10.1. The number of nitrogens with zero attached hydrogens (tertiary/aromatic N) is 13. The highest BCUT2D eigenvalue weighted by atomic mass is 16.6. The fraction of sp³-hybridized carbons (Fsp3) is 0.500. The normalized spacial score (nSPS) is 17.6. The Hall–Kier alpha value is -6.51. The number of hydrogen-bond acceptors (Lipinski definition) is 16. The molecule has 314 valence electrons. The average Bonchev–Trinajstić information content (AvgIpc) is 3.82. The maximum Gasteiger partial charge on any atom is 0.410 e. The van der Waals surface area contributed by atoms with Crippen molar-refractivity contribution in [2.75, 3.05) is 79.1 Å². The van der Waals surface area contributed by atoms with Crippen LogP contribution in [-0.4, -0.2) is 124 Å².